The largest absolute Gasteiger partial charge is 0.478 e. The Hall–Kier alpha value is -3.10. The Bertz CT molecular complexity index is 1580. The summed E-state index contributed by atoms with van der Waals surface area (Å²) in [7, 11) is 0. The van der Waals surface area contributed by atoms with Crippen LogP contribution in [0, 0.1) is 5.82 Å². The molecular formula is C29H22Cl3FN2O4. The minimum atomic E-state index is -1.13. The number of nitrogens with zero attached hydrogens (tertiary/aromatic N) is 1. The fraction of sp³-hybridized carbons (Fsp3) is 0.241. The van der Waals surface area contributed by atoms with E-state index in [2.05, 4.69) is 5.16 Å². The maximum Gasteiger partial charge on any atom is 0.335 e. The van der Waals surface area contributed by atoms with Crippen LogP contribution in [0.2, 0.25) is 15.1 Å². The average Bonchev–Trinajstić information content (AvgIpc) is 3.84. The van der Waals surface area contributed by atoms with Crippen LogP contribution in [0.3, 0.4) is 0 Å². The number of hydrogen-bond acceptors (Lipinski definition) is 5. The quantitative estimate of drug-likeness (QED) is 0.201. The Balaban J connectivity index is 1.28. The van der Waals surface area contributed by atoms with Gasteiger partial charge in [-0.3, -0.25) is 5.73 Å². The second-order valence-electron chi connectivity index (χ2n) is 9.90. The van der Waals surface area contributed by atoms with E-state index in [9.17, 15) is 9.90 Å². The molecule has 0 amide bonds. The van der Waals surface area contributed by atoms with Crippen molar-refractivity contribution in [2.24, 2.45) is 5.73 Å². The van der Waals surface area contributed by atoms with Gasteiger partial charge in [0.05, 0.1) is 21.2 Å². The van der Waals surface area contributed by atoms with Crippen molar-refractivity contribution in [1.29, 1.82) is 0 Å². The monoisotopic (exact) mass is 586 g/mol. The molecule has 0 spiro atoms. The molecule has 10 heteroatoms. The van der Waals surface area contributed by atoms with Crippen LogP contribution in [0.15, 0.2) is 59.1 Å². The molecule has 200 valence electrons. The summed E-state index contributed by atoms with van der Waals surface area (Å²) in [4.78, 5) is 11.3. The molecule has 0 bridgehead atoms. The predicted molar refractivity (Wildman–Crippen MR) is 146 cm³/mol. The molecule has 3 aromatic carbocycles. The minimum absolute atomic E-state index is 0.0349. The number of ether oxygens (including phenoxy) is 1. The van der Waals surface area contributed by atoms with Crippen LogP contribution in [0.25, 0.3) is 11.3 Å². The van der Waals surface area contributed by atoms with E-state index in [1.54, 1.807) is 36.4 Å². The average molecular weight is 588 g/mol. The lowest BCUT2D eigenvalue weighted by molar-refractivity contribution is 0.0696. The van der Waals surface area contributed by atoms with Gasteiger partial charge >= 0.3 is 5.97 Å². The van der Waals surface area contributed by atoms with Gasteiger partial charge in [0.25, 0.3) is 0 Å². The van der Waals surface area contributed by atoms with E-state index in [1.807, 2.05) is 6.07 Å². The minimum Gasteiger partial charge on any atom is -0.478 e. The number of halogens is 4. The molecule has 3 unspecified atom stereocenters. The van der Waals surface area contributed by atoms with Gasteiger partial charge in [-0.1, -0.05) is 58.2 Å². The Kier molecular flexibility index (Phi) is 6.79. The lowest BCUT2D eigenvalue weighted by atomic mass is 10.0. The second kappa shape index (κ2) is 10.1. The Labute approximate surface area is 238 Å². The first-order chi connectivity index (χ1) is 18.7. The molecule has 2 aliphatic rings. The molecule has 0 radical (unpaired) electrons. The van der Waals surface area contributed by atoms with Crippen LogP contribution >= 0.6 is 34.8 Å². The standard InChI is InChI=1S/C29H22Cl3FN2O4/c30-19-5-2-6-20(31)24(19)26-25(27(39-35-26)13-7-8-13)28(34)38-23-12-21(32)18(11-22(23)33)17-10-16(17)14-3-1-4-15(9-14)29(36)37/h1-6,9,11-13,16-17,28H,7-8,10,34H2,(H,36,37). The molecular weight excluding hydrogens is 566 g/mol. The summed E-state index contributed by atoms with van der Waals surface area (Å²) in [6.07, 6.45) is 1.43. The fourth-order valence-corrected chi connectivity index (χ4v) is 5.92. The number of hydrogen-bond donors (Lipinski definition) is 2. The van der Waals surface area contributed by atoms with Gasteiger partial charge < -0.3 is 14.4 Å². The zero-order valence-corrected chi connectivity index (χ0v) is 22.6. The molecule has 6 nitrogen and oxygen atoms in total. The lowest BCUT2D eigenvalue weighted by Gasteiger charge is -2.18. The maximum atomic E-state index is 15.3. The molecule has 2 aliphatic carbocycles. The number of carbonyl (C=O) groups is 1. The molecule has 1 aromatic heterocycles. The normalized spacial score (nSPS) is 19.1. The Morgan fingerprint density at radius 3 is 2.46 bits per heavy atom. The molecule has 0 saturated heterocycles. The summed E-state index contributed by atoms with van der Waals surface area (Å²) < 4.78 is 26.9. The molecule has 39 heavy (non-hydrogen) atoms. The number of aromatic carboxylic acids is 1. The Morgan fingerprint density at radius 2 is 1.77 bits per heavy atom. The van der Waals surface area contributed by atoms with Crippen LogP contribution in [-0.2, 0) is 0 Å². The van der Waals surface area contributed by atoms with Crippen LogP contribution in [0.1, 0.15) is 76.1 Å². The number of aromatic nitrogens is 1. The number of carboxylic acid groups (broad SMARTS) is 1. The van der Waals surface area contributed by atoms with Gasteiger partial charge in [0.2, 0.25) is 0 Å². The lowest BCUT2D eigenvalue weighted by Crippen LogP contribution is -2.20. The summed E-state index contributed by atoms with van der Waals surface area (Å²) in [5, 5.41) is 14.6. The van der Waals surface area contributed by atoms with Gasteiger partial charge in [-0.25, -0.2) is 9.18 Å². The van der Waals surface area contributed by atoms with Gasteiger partial charge in [-0.15, -0.1) is 0 Å². The second-order valence-corrected chi connectivity index (χ2v) is 11.1. The van der Waals surface area contributed by atoms with Crippen molar-refractivity contribution in [3.8, 4) is 17.0 Å². The highest BCUT2D eigenvalue weighted by Crippen LogP contribution is 2.57. The van der Waals surface area contributed by atoms with Crippen molar-refractivity contribution < 1.29 is 23.6 Å². The van der Waals surface area contributed by atoms with Gasteiger partial charge in [-0.05, 0) is 72.6 Å². The molecule has 1 heterocycles. The third kappa shape index (κ3) is 5.00. The van der Waals surface area contributed by atoms with Crippen molar-refractivity contribution in [2.45, 2.75) is 43.2 Å². The molecule has 2 fully saturated rings. The zero-order valence-electron chi connectivity index (χ0n) is 20.3. The molecule has 4 aromatic rings. The van der Waals surface area contributed by atoms with E-state index in [4.69, 9.17) is 49.8 Å². The van der Waals surface area contributed by atoms with E-state index >= 15 is 4.39 Å². The van der Waals surface area contributed by atoms with Crippen molar-refractivity contribution in [3.63, 3.8) is 0 Å². The fourth-order valence-electron chi connectivity index (χ4n) is 5.05. The molecule has 6 rings (SSSR count). The van der Waals surface area contributed by atoms with E-state index in [0.29, 0.717) is 43.2 Å². The van der Waals surface area contributed by atoms with E-state index < -0.39 is 18.0 Å². The maximum absolute atomic E-state index is 15.3. The van der Waals surface area contributed by atoms with Crippen molar-refractivity contribution in [2.75, 3.05) is 0 Å². The number of carboxylic acids is 1. The first-order valence-corrected chi connectivity index (χ1v) is 13.5. The SMILES string of the molecule is NC(Oc1cc(Cl)c(C2CC2c2cccc(C(=O)O)c2)cc1F)c1c(-c2c(Cl)cccc2Cl)noc1C1CC1. The van der Waals surface area contributed by atoms with Crippen LogP contribution in [0.4, 0.5) is 4.39 Å². The highest BCUT2D eigenvalue weighted by Gasteiger charge is 2.42. The van der Waals surface area contributed by atoms with E-state index in [-0.39, 0.29) is 29.1 Å². The highest BCUT2D eigenvalue weighted by molar-refractivity contribution is 6.39. The van der Waals surface area contributed by atoms with Crippen LogP contribution in [-0.4, -0.2) is 16.2 Å². The van der Waals surface area contributed by atoms with Crippen LogP contribution < -0.4 is 10.5 Å². The smallest absolute Gasteiger partial charge is 0.335 e. The number of benzene rings is 3. The summed E-state index contributed by atoms with van der Waals surface area (Å²) >= 11 is 19.5. The number of nitrogens with two attached hydrogens (primary N) is 1. The highest BCUT2D eigenvalue weighted by atomic mass is 35.5. The van der Waals surface area contributed by atoms with Gasteiger partial charge in [0.1, 0.15) is 11.5 Å². The molecule has 0 aliphatic heterocycles. The third-order valence-corrected chi connectivity index (χ3v) is 8.20. The third-order valence-electron chi connectivity index (χ3n) is 7.24. The van der Waals surface area contributed by atoms with E-state index in [1.165, 1.54) is 12.1 Å². The van der Waals surface area contributed by atoms with Gasteiger partial charge in [0, 0.05) is 22.6 Å². The molecule has 2 saturated carbocycles. The van der Waals surface area contributed by atoms with Crippen molar-refractivity contribution >= 4 is 40.8 Å². The molecule has 3 atom stereocenters. The van der Waals surface area contributed by atoms with Crippen LogP contribution in [0.5, 0.6) is 5.75 Å². The number of rotatable bonds is 8. The predicted octanol–water partition coefficient (Wildman–Crippen LogP) is 8.32. The van der Waals surface area contributed by atoms with Crippen molar-refractivity contribution in [1.82, 2.24) is 5.16 Å². The first-order valence-electron chi connectivity index (χ1n) is 12.4. The first kappa shape index (κ1) is 26.1. The van der Waals surface area contributed by atoms with Gasteiger partial charge in [0.15, 0.2) is 17.8 Å². The van der Waals surface area contributed by atoms with Crippen molar-refractivity contribution in [3.05, 3.63) is 103 Å². The van der Waals surface area contributed by atoms with Gasteiger partial charge in [-0.2, -0.15) is 0 Å². The van der Waals surface area contributed by atoms with E-state index in [0.717, 1.165) is 24.8 Å². The summed E-state index contributed by atoms with van der Waals surface area (Å²) in [6, 6.07) is 14.6. The zero-order chi connectivity index (χ0) is 27.4. The summed E-state index contributed by atoms with van der Waals surface area (Å²) in [5.74, 6) is -0.991. The Morgan fingerprint density at radius 1 is 1.05 bits per heavy atom. The summed E-state index contributed by atoms with van der Waals surface area (Å²) in [5.41, 5.74) is 9.48. The summed E-state index contributed by atoms with van der Waals surface area (Å²) in [6.45, 7) is 0. The topological polar surface area (TPSA) is 98.6 Å². The molecule has 3 N–H and O–H groups in total.